The molecule has 4 aromatic carbocycles. The molecule has 1 N–H and O–H groups in total. The van der Waals surface area contributed by atoms with Gasteiger partial charge in [0.15, 0.2) is 0 Å². The lowest BCUT2D eigenvalue weighted by atomic mass is 9.76. The van der Waals surface area contributed by atoms with E-state index in [-0.39, 0.29) is 24.6 Å². The molecule has 1 amide bonds. The van der Waals surface area contributed by atoms with Gasteiger partial charge in [-0.25, -0.2) is 0 Å². The molecule has 0 radical (unpaired) electrons. The molecule has 0 aromatic heterocycles. The number of aliphatic hydroxyl groups is 1. The van der Waals surface area contributed by atoms with Crippen molar-refractivity contribution in [1.29, 1.82) is 0 Å². The van der Waals surface area contributed by atoms with Crippen molar-refractivity contribution in [3.8, 4) is 0 Å². The monoisotopic (exact) mass is 503 g/mol. The van der Waals surface area contributed by atoms with Crippen molar-refractivity contribution in [3.63, 3.8) is 0 Å². The topological polar surface area (TPSA) is 46.8 Å². The van der Waals surface area contributed by atoms with E-state index < -0.39 is 5.54 Å². The predicted molar refractivity (Wildman–Crippen MR) is 149 cm³/mol. The average Bonchev–Trinajstić information content (AvgIpc) is 3.68. The zero-order chi connectivity index (χ0) is 26.0. The highest BCUT2D eigenvalue weighted by molar-refractivity contribution is 5.86. The van der Waals surface area contributed by atoms with Gasteiger partial charge in [-0.05, 0) is 22.3 Å². The van der Waals surface area contributed by atoms with Crippen LogP contribution in [0.4, 0.5) is 0 Å². The number of hydrogen-bond donors (Lipinski definition) is 1. The van der Waals surface area contributed by atoms with Crippen molar-refractivity contribution in [2.24, 2.45) is 0 Å². The molecule has 0 aliphatic carbocycles. The van der Waals surface area contributed by atoms with Gasteiger partial charge in [0, 0.05) is 19.6 Å². The molecule has 38 heavy (non-hydrogen) atoms. The lowest BCUT2D eigenvalue weighted by Crippen LogP contribution is -2.45. The van der Waals surface area contributed by atoms with Gasteiger partial charge >= 0.3 is 0 Å². The molecule has 3 atom stereocenters. The highest BCUT2D eigenvalue weighted by Gasteiger charge is 2.57. The van der Waals surface area contributed by atoms with Crippen LogP contribution in [0.5, 0.6) is 0 Å². The number of rotatable bonds is 8. The van der Waals surface area contributed by atoms with E-state index >= 15 is 0 Å². The first kappa shape index (κ1) is 24.6. The minimum Gasteiger partial charge on any atom is -0.394 e. The lowest BCUT2D eigenvalue weighted by Gasteiger charge is -2.38. The van der Waals surface area contributed by atoms with Gasteiger partial charge in [-0.1, -0.05) is 121 Å². The van der Waals surface area contributed by atoms with Crippen LogP contribution in [0.15, 0.2) is 121 Å². The number of amides is 1. The quantitative estimate of drug-likeness (QED) is 0.287. The Kier molecular flexibility index (Phi) is 6.81. The summed E-state index contributed by atoms with van der Waals surface area (Å²) in [6, 6.07) is 41.3. The second kappa shape index (κ2) is 10.5. The Balaban J connectivity index is 1.34. The van der Waals surface area contributed by atoms with Gasteiger partial charge in [0.25, 0.3) is 0 Å². The molecule has 2 aliphatic heterocycles. The zero-order valence-corrected chi connectivity index (χ0v) is 21.4. The largest absolute Gasteiger partial charge is 0.394 e. The zero-order valence-electron chi connectivity index (χ0n) is 21.4. The minimum atomic E-state index is -0.595. The Hall–Kier alpha value is -3.77. The highest BCUT2D eigenvalue weighted by atomic mass is 16.3. The molecular formula is C33H33N3O2. The number of benzene rings is 4. The summed E-state index contributed by atoms with van der Waals surface area (Å²) in [6.45, 7) is 2.58. The molecule has 0 saturated carbocycles. The number of carbonyl (C=O) groups is 1. The van der Waals surface area contributed by atoms with E-state index in [1.807, 2.05) is 41.3 Å². The predicted octanol–water partition coefficient (Wildman–Crippen LogP) is 4.33. The Morgan fingerprint density at radius 1 is 0.711 bits per heavy atom. The summed E-state index contributed by atoms with van der Waals surface area (Å²) in [6.07, 6.45) is 0. The van der Waals surface area contributed by atoms with Gasteiger partial charge in [0.1, 0.15) is 6.04 Å². The highest BCUT2D eigenvalue weighted by Crippen LogP contribution is 2.48. The molecule has 2 saturated heterocycles. The summed E-state index contributed by atoms with van der Waals surface area (Å²) in [5, 5.41) is 10.2. The Morgan fingerprint density at radius 2 is 1.18 bits per heavy atom. The van der Waals surface area contributed by atoms with Gasteiger partial charge in [0.2, 0.25) is 5.91 Å². The fourth-order valence-corrected chi connectivity index (χ4v) is 6.10. The molecule has 192 valence electrons. The van der Waals surface area contributed by atoms with E-state index in [0.717, 1.165) is 23.2 Å². The summed E-state index contributed by atoms with van der Waals surface area (Å²) in [5.41, 5.74) is 4.03. The normalized spacial score (nSPS) is 21.4. The molecule has 6 rings (SSSR count). The standard InChI is InChI=1S/C33H33N3O2/c37-24-30-22-34(21-26-13-5-1-6-14-26)25-35(30)32(38)31-23-36(31)33(27-15-7-2-8-16-27,28-17-9-3-10-18-28)29-19-11-4-12-20-29/h1-20,30-31,37H,21-25H2/t30-,31?,36-/m1/s1. The maximum absolute atomic E-state index is 14.1. The van der Waals surface area contributed by atoms with Crippen LogP contribution in [-0.4, -0.2) is 64.2 Å². The summed E-state index contributed by atoms with van der Waals surface area (Å²) in [5.74, 6) is 0.0896. The average molecular weight is 504 g/mol. The molecule has 0 bridgehead atoms. The fourth-order valence-electron chi connectivity index (χ4n) is 6.10. The number of aliphatic hydroxyl groups excluding tert-OH is 1. The second-order valence-corrected chi connectivity index (χ2v) is 10.3. The van der Waals surface area contributed by atoms with Crippen LogP contribution in [-0.2, 0) is 16.9 Å². The first-order valence-corrected chi connectivity index (χ1v) is 13.3. The summed E-state index contributed by atoms with van der Waals surface area (Å²) < 4.78 is 0. The summed E-state index contributed by atoms with van der Waals surface area (Å²) in [7, 11) is 0. The van der Waals surface area contributed by atoms with E-state index in [1.54, 1.807) is 0 Å². The van der Waals surface area contributed by atoms with E-state index in [9.17, 15) is 9.90 Å². The van der Waals surface area contributed by atoms with Gasteiger partial charge < -0.3 is 10.0 Å². The molecular weight excluding hydrogens is 470 g/mol. The van der Waals surface area contributed by atoms with Gasteiger partial charge in [-0.15, -0.1) is 0 Å². The minimum absolute atomic E-state index is 0.0368. The van der Waals surface area contributed by atoms with E-state index in [1.165, 1.54) is 5.56 Å². The smallest absolute Gasteiger partial charge is 0.242 e. The molecule has 0 spiro atoms. The molecule has 1 unspecified atom stereocenters. The third kappa shape index (κ3) is 4.43. The number of nitrogens with zero attached hydrogens (tertiary/aromatic N) is 3. The van der Waals surface area contributed by atoms with E-state index in [0.29, 0.717) is 19.8 Å². The van der Waals surface area contributed by atoms with Gasteiger partial charge in [-0.3, -0.25) is 14.6 Å². The third-order valence-corrected chi connectivity index (χ3v) is 7.91. The van der Waals surface area contributed by atoms with E-state index in [2.05, 4.69) is 94.7 Å². The van der Waals surface area contributed by atoms with Crippen molar-refractivity contribution in [2.75, 3.05) is 26.4 Å². The maximum Gasteiger partial charge on any atom is 0.242 e. The molecule has 2 heterocycles. The molecule has 2 fully saturated rings. The SMILES string of the molecule is O=C(C1C[N@@]1C(c1ccccc1)(c1ccccc1)c1ccccc1)N1CN(Cc2ccccc2)C[C@@H]1CO. The third-order valence-electron chi connectivity index (χ3n) is 7.91. The van der Waals surface area contributed by atoms with Crippen LogP contribution in [0, 0.1) is 0 Å². The molecule has 5 heteroatoms. The molecule has 5 nitrogen and oxygen atoms in total. The molecule has 2 aliphatic rings. The van der Waals surface area contributed by atoms with Crippen LogP contribution in [0.1, 0.15) is 22.3 Å². The number of hydrogen-bond acceptors (Lipinski definition) is 4. The summed E-state index contributed by atoms with van der Waals surface area (Å²) in [4.78, 5) is 20.5. The van der Waals surface area contributed by atoms with Gasteiger partial charge in [0.05, 0.1) is 24.9 Å². The van der Waals surface area contributed by atoms with Crippen molar-refractivity contribution < 1.29 is 9.90 Å². The van der Waals surface area contributed by atoms with Crippen molar-refractivity contribution in [1.82, 2.24) is 14.7 Å². The van der Waals surface area contributed by atoms with Crippen molar-refractivity contribution >= 4 is 5.91 Å². The van der Waals surface area contributed by atoms with Crippen LogP contribution in [0.2, 0.25) is 0 Å². The Morgan fingerprint density at radius 3 is 1.66 bits per heavy atom. The Labute approximate surface area is 224 Å². The van der Waals surface area contributed by atoms with Crippen LogP contribution in [0.3, 0.4) is 0 Å². The second-order valence-electron chi connectivity index (χ2n) is 10.3. The van der Waals surface area contributed by atoms with E-state index in [4.69, 9.17) is 0 Å². The maximum atomic E-state index is 14.1. The van der Waals surface area contributed by atoms with Crippen LogP contribution < -0.4 is 0 Å². The lowest BCUT2D eigenvalue weighted by molar-refractivity contribution is -0.133. The van der Waals surface area contributed by atoms with Crippen LogP contribution in [0.25, 0.3) is 0 Å². The first-order valence-electron chi connectivity index (χ1n) is 13.3. The van der Waals surface area contributed by atoms with Crippen molar-refractivity contribution in [3.05, 3.63) is 144 Å². The molecule has 4 aromatic rings. The number of carbonyl (C=O) groups excluding carboxylic acids is 1. The fraction of sp³-hybridized carbons (Fsp3) is 0.242. The van der Waals surface area contributed by atoms with Gasteiger partial charge in [-0.2, -0.15) is 0 Å². The summed E-state index contributed by atoms with van der Waals surface area (Å²) >= 11 is 0. The van der Waals surface area contributed by atoms with Crippen LogP contribution >= 0.6 is 0 Å². The first-order chi connectivity index (χ1) is 18.7. The Bertz CT molecular complexity index is 1250. The van der Waals surface area contributed by atoms with Crippen molar-refractivity contribution in [2.45, 2.75) is 24.2 Å².